The highest BCUT2D eigenvalue weighted by Crippen LogP contribution is 2.31. The lowest BCUT2D eigenvalue weighted by Gasteiger charge is -2.35. The third-order valence-corrected chi connectivity index (χ3v) is 6.30. The van der Waals surface area contributed by atoms with Gasteiger partial charge in [0, 0.05) is 20.1 Å². The van der Waals surface area contributed by atoms with Gasteiger partial charge in [-0.05, 0) is 44.0 Å². The summed E-state index contributed by atoms with van der Waals surface area (Å²) in [6, 6.07) is 2.55. The van der Waals surface area contributed by atoms with E-state index >= 15 is 0 Å². The molecule has 5 nitrogen and oxygen atoms in total. The van der Waals surface area contributed by atoms with Gasteiger partial charge in [0.2, 0.25) is 15.9 Å². The van der Waals surface area contributed by atoms with E-state index in [-0.39, 0.29) is 17.3 Å². The van der Waals surface area contributed by atoms with Crippen molar-refractivity contribution in [2.45, 2.75) is 43.3 Å². The maximum Gasteiger partial charge on any atom is 0.416 e. The summed E-state index contributed by atoms with van der Waals surface area (Å²) >= 11 is 0. The first kappa shape index (κ1) is 19.7. The number of likely N-dealkylation sites (N-methyl/N-ethyl adjacent to an activating group) is 1. The third-order valence-electron chi connectivity index (χ3n) is 4.38. The quantitative estimate of drug-likeness (QED) is 0.810. The van der Waals surface area contributed by atoms with E-state index in [1.165, 1.54) is 4.90 Å². The second-order valence-corrected chi connectivity index (χ2v) is 7.89. The van der Waals surface area contributed by atoms with Gasteiger partial charge in [0.15, 0.2) is 0 Å². The lowest BCUT2D eigenvalue weighted by molar-refractivity contribution is -0.137. The predicted octanol–water partition coefficient (Wildman–Crippen LogP) is 2.73. The fraction of sp³-hybridized carbons (Fsp3) is 0.562. The number of hydrogen-bond donors (Lipinski definition) is 0. The van der Waals surface area contributed by atoms with Crippen LogP contribution in [0.1, 0.15) is 31.7 Å². The monoisotopic (exact) mass is 378 g/mol. The van der Waals surface area contributed by atoms with Crippen LogP contribution < -0.4 is 0 Å². The summed E-state index contributed by atoms with van der Waals surface area (Å²) in [5, 5.41) is 0. The van der Waals surface area contributed by atoms with Crippen LogP contribution in [0.15, 0.2) is 29.2 Å². The SMILES string of the molecule is CCN(C)C(=O)C1CCCCN1S(=O)(=O)c1ccc(C(F)(F)F)cc1. The van der Waals surface area contributed by atoms with Gasteiger partial charge in [-0.25, -0.2) is 8.42 Å². The third kappa shape index (κ3) is 4.14. The fourth-order valence-corrected chi connectivity index (χ4v) is 4.45. The summed E-state index contributed by atoms with van der Waals surface area (Å²) in [5.74, 6) is -0.294. The Bertz CT molecular complexity index is 717. The fourth-order valence-electron chi connectivity index (χ4n) is 2.80. The number of sulfonamides is 1. The normalized spacial score (nSPS) is 19.6. The van der Waals surface area contributed by atoms with Crippen molar-refractivity contribution in [3.8, 4) is 0 Å². The van der Waals surface area contributed by atoms with E-state index in [9.17, 15) is 26.4 Å². The van der Waals surface area contributed by atoms with E-state index in [0.29, 0.717) is 19.4 Å². The van der Waals surface area contributed by atoms with Crippen molar-refractivity contribution in [3.05, 3.63) is 29.8 Å². The average Bonchev–Trinajstić information content (AvgIpc) is 2.59. The van der Waals surface area contributed by atoms with Crippen molar-refractivity contribution in [1.29, 1.82) is 0 Å². The number of nitrogens with zero attached hydrogens (tertiary/aromatic N) is 2. The first-order valence-corrected chi connectivity index (χ1v) is 9.47. The van der Waals surface area contributed by atoms with Crippen molar-refractivity contribution in [2.75, 3.05) is 20.1 Å². The van der Waals surface area contributed by atoms with Crippen LogP contribution in [-0.4, -0.2) is 49.7 Å². The maximum absolute atomic E-state index is 12.8. The van der Waals surface area contributed by atoms with Gasteiger partial charge in [-0.2, -0.15) is 17.5 Å². The van der Waals surface area contributed by atoms with E-state index in [1.807, 2.05) is 0 Å². The number of halogens is 3. The van der Waals surface area contributed by atoms with Crippen LogP contribution in [0.2, 0.25) is 0 Å². The first-order valence-electron chi connectivity index (χ1n) is 8.03. The zero-order valence-electron chi connectivity index (χ0n) is 14.1. The minimum absolute atomic E-state index is 0.178. The molecule has 0 aliphatic carbocycles. The smallest absolute Gasteiger partial charge is 0.345 e. The number of hydrogen-bond acceptors (Lipinski definition) is 3. The van der Waals surface area contributed by atoms with Crippen LogP contribution in [0.5, 0.6) is 0 Å². The Labute approximate surface area is 145 Å². The van der Waals surface area contributed by atoms with Gasteiger partial charge in [0.05, 0.1) is 10.5 Å². The van der Waals surface area contributed by atoms with Gasteiger partial charge in [-0.3, -0.25) is 4.79 Å². The highest BCUT2D eigenvalue weighted by atomic mass is 32.2. The van der Waals surface area contributed by atoms with Gasteiger partial charge < -0.3 is 4.90 Å². The number of amides is 1. The first-order chi connectivity index (χ1) is 11.6. The van der Waals surface area contributed by atoms with Crippen LogP contribution >= 0.6 is 0 Å². The van der Waals surface area contributed by atoms with E-state index in [1.54, 1.807) is 14.0 Å². The van der Waals surface area contributed by atoms with E-state index in [4.69, 9.17) is 0 Å². The molecule has 0 aromatic heterocycles. The predicted molar refractivity (Wildman–Crippen MR) is 86.3 cm³/mol. The average molecular weight is 378 g/mol. The molecule has 0 radical (unpaired) electrons. The highest BCUT2D eigenvalue weighted by Gasteiger charge is 2.39. The molecule has 1 saturated heterocycles. The topological polar surface area (TPSA) is 57.7 Å². The molecular formula is C16H21F3N2O3S. The van der Waals surface area contributed by atoms with E-state index in [0.717, 1.165) is 35.0 Å². The maximum atomic E-state index is 12.8. The Balaban J connectivity index is 2.34. The Kier molecular flexibility index (Phi) is 5.78. The summed E-state index contributed by atoms with van der Waals surface area (Å²) in [6.07, 6.45) is -2.79. The molecule has 1 aromatic carbocycles. The van der Waals surface area contributed by atoms with Gasteiger partial charge >= 0.3 is 6.18 Å². The van der Waals surface area contributed by atoms with Crippen LogP contribution in [0.3, 0.4) is 0 Å². The highest BCUT2D eigenvalue weighted by molar-refractivity contribution is 7.89. The number of benzene rings is 1. The van der Waals surface area contributed by atoms with Gasteiger partial charge in [0.1, 0.15) is 6.04 Å². The Morgan fingerprint density at radius 2 is 1.84 bits per heavy atom. The van der Waals surface area contributed by atoms with Crippen LogP contribution in [0.4, 0.5) is 13.2 Å². The van der Waals surface area contributed by atoms with Crippen molar-refractivity contribution >= 4 is 15.9 Å². The molecular weight excluding hydrogens is 357 g/mol. The number of carbonyl (C=O) groups is 1. The molecule has 25 heavy (non-hydrogen) atoms. The van der Waals surface area contributed by atoms with E-state index in [2.05, 4.69) is 0 Å². The molecule has 140 valence electrons. The molecule has 0 spiro atoms. The number of carbonyl (C=O) groups excluding carboxylic acids is 1. The molecule has 1 heterocycles. The minimum Gasteiger partial charge on any atom is -0.345 e. The molecule has 1 atom stereocenters. The Morgan fingerprint density at radius 1 is 1.24 bits per heavy atom. The molecule has 2 rings (SSSR count). The Hall–Kier alpha value is -1.61. The Morgan fingerprint density at radius 3 is 2.36 bits per heavy atom. The molecule has 0 saturated carbocycles. The zero-order chi connectivity index (χ0) is 18.8. The second-order valence-electron chi connectivity index (χ2n) is 6.00. The van der Waals surface area contributed by atoms with Gasteiger partial charge in [-0.15, -0.1) is 0 Å². The second kappa shape index (κ2) is 7.33. The summed E-state index contributed by atoms with van der Waals surface area (Å²) in [6.45, 7) is 2.41. The molecule has 1 aliphatic heterocycles. The molecule has 1 aliphatic rings. The zero-order valence-corrected chi connectivity index (χ0v) is 14.9. The minimum atomic E-state index is -4.53. The van der Waals surface area contributed by atoms with Gasteiger partial charge in [-0.1, -0.05) is 6.42 Å². The van der Waals surface area contributed by atoms with Crippen LogP contribution in [-0.2, 0) is 21.0 Å². The van der Waals surface area contributed by atoms with Crippen molar-refractivity contribution in [1.82, 2.24) is 9.21 Å². The van der Waals surface area contributed by atoms with E-state index < -0.39 is 27.8 Å². The van der Waals surface area contributed by atoms with Crippen LogP contribution in [0.25, 0.3) is 0 Å². The lowest BCUT2D eigenvalue weighted by Crippen LogP contribution is -2.52. The van der Waals surface area contributed by atoms with Gasteiger partial charge in [0.25, 0.3) is 0 Å². The molecule has 9 heteroatoms. The van der Waals surface area contributed by atoms with Crippen LogP contribution in [0, 0.1) is 0 Å². The number of rotatable bonds is 4. The number of piperidine rings is 1. The molecule has 1 amide bonds. The van der Waals surface area contributed by atoms with Crippen molar-refractivity contribution in [2.24, 2.45) is 0 Å². The molecule has 1 aromatic rings. The molecule has 0 N–H and O–H groups in total. The number of alkyl halides is 3. The molecule has 0 bridgehead atoms. The van der Waals surface area contributed by atoms with Crippen molar-refractivity contribution < 1.29 is 26.4 Å². The summed E-state index contributed by atoms with van der Waals surface area (Å²) in [5.41, 5.74) is -0.913. The molecule has 1 fully saturated rings. The largest absolute Gasteiger partial charge is 0.416 e. The standard InChI is InChI=1S/C16H21F3N2O3S/c1-3-20(2)15(22)14-6-4-5-11-21(14)25(23,24)13-9-7-12(8-10-13)16(17,18)19/h7-10,14H,3-6,11H2,1-2H3. The van der Waals surface area contributed by atoms with Crippen molar-refractivity contribution in [3.63, 3.8) is 0 Å². The summed E-state index contributed by atoms with van der Waals surface area (Å²) < 4.78 is 64.8. The molecule has 1 unspecified atom stereocenters. The lowest BCUT2D eigenvalue weighted by atomic mass is 10.0. The summed E-state index contributed by atoms with van der Waals surface area (Å²) in [7, 11) is -2.44. The summed E-state index contributed by atoms with van der Waals surface area (Å²) in [4.78, 5) is 13.7.